The highest BCUT2D eigenvalue weighted by Gasteiger charge is 2.56. The first-order chi connectivity index (χ1) is 19.3. The topological polar surface area (TPSA) is 111 Å². The van der Waals surface area contributed by atoms with Crippen molar-refractivity contribution in [2.45, 2.75) is 70.4 Å². The fourth-order valence-corrected chi connectivity index (χ4v) is 6.35. The molecule has 0 radical (unpaired) electrons. The summed E-state index contributed by atoms with van der Waals surface area (Å²) in [6.45, 7) is 10.2. The predicted octanol–water partition coefficient (Wildman–Crippen LogP) is 3.92. The quantitative estimate of drug-likeness (QED) is 0.229. The fraction of sp³-hybridized carbons (Fsp3) is 0.636. The minimum atomic E-state index is -0.754. The van der Waals surface area contributed by atoms with Gasteiger partial charge >= 0.3 is 0 Å². The molecule has 2 aliphatic carbocycles. The van der Waals surface area contributed by atoms with Gasteiger partial charge in [-0.1, -0.05) is 39.8 Å². The van der Waals surface area contributed by atoms with Crippen molar-refractivity contribution in [3.05, 3.63) is 47.5 Å². The first-order valence-corrected chi connectivity index (χ1v) is 15.1. The molecule has 0 bridgehead atoms. The summed E-state index contributed by atoms with van der Waals surface area (Å²) in [7, 11) is 7.97. The van der Waals surface area contributed by atoms with E-state index in [1.54, 1.807) is 0 Å². The third-order valence-corrected chi connectivity index (χ3v) is 9.00. The zero-order chi connectivity index (χ0) is 30.2. The number of aliphatic hydroxyl groups is 4. The number of hydrogen-bond donors (Lipinski definition) is 6. The molecule has 8 heteroatoms. The average Bonchev–Trinajstić information content (AvgIpc) is 2.91. The van der Waals surface area contributed by atoms with E-state index in [-0.39, 0.29) is 0 Å². The standard InChI is InChI=1S/C33H52N4O4/c1-18(2)16-34-26-13-20(36(5)6)9-11-22(26)28-30(38)24(31(28)39)15-25-32(40)29(33(25)41)23-12-10-21(37(7)8)14-27(23)35-17-19(3)4/h9-14,18-19,24-25,28-35,38-41H,15-17H2,1-8H3. The molecule has 0 aromatic heterocycles. The van der Waals surface area contributed by atoms with Crippen LogP contribution in [0, 0.1) is 23.7 Å². The molecular weight excluding hydrogens is 516 g/mol. The summed E-state index contributed by atoms with van der Waals surface area (Å²) in [5.74, 6) is -0.746. The van der Waals surface area contributed by atoms with Crippen LogP contribution < -0.4 is 20.4 Å². The lowest BCUT2D eigenvalue weighted by molar-refractivity contribution is -0.168. The molecule has 0 amide bonds. The van der Waals surface area contributed by atoms with Crippen molar-refractivity contribution >= 4 is 22.7 Å². The van der Waals surface area contributed by atoms with Crippen LogP contribution in [-0.2, 0) is 0 Å². The van der Waals surface area contributed by atoms with Crippen LogP contribution in [0.2, 0.25) is 0 Å². The highest BCUT2D eigenvalue weighted by Crippen LogP contribution is 2.53. The maximum Gasteiger partial charge on any atom is 0.0687 e. The second-order valence-electron chi connectivity index (χ2n) is 13.5. The molecular formula is C33H52N4O4. The molecule has 8 nitrogen and oxygen atoms in total. The number of aliphatic hydroxyl groups excluding tert-OH is 4. The van der Waals surface area contributed by atoms with Gasteiger partial charge < -0.3 is 40.9 Å². The van der Waals surface area contributed by atoms with Crippen LogP contribution in [0.15, 0.2) is 36.4 Å². The number of nitrogens with one attached hydrogen (secondary N) is 2. The van der Waals surface area contributed by atoms with Crippen molar-refractivity contribution in [2.24, 2.45) is 23.7 Å². The van der Waals surface area contributed by atoms with E-state index in [0.29, 0.717) is 18.3 Å². The summed E-state index contributed by atoms with van der Waals surface area (Å²) >= 11 is 0. The Bertz CT molecular complexity index is 1060. The van der Waals surface area contributed by atoms with Crippen LogP contribution in [0.3, 0.4) is 0 Å². The number of hydrogen-bond acceptors (Lipinski definition) is 8. The molecule has 0 spiro atoms. The molecule has 41 heavy (non-hydrogen) atoms. The molecule has 2 aliphatic rings. The Morgan fingerprint density at radius 3 is 1.24 bits per heavy atom. The van der Waals surface area contributed by atoms with Gasteiger partial charge in [0, 0.05) is 87.7 Å². The lowest BCUT2D eigenvalue weighted by Gasteiger charge is -2.53. The minimum absolute atomic E-state index is 0.368. The second kappa shape index (κ2) is 12.8. The van der Waals surface area contributed by atoms with Crippen LogP contribution in [0.5, 0.6) is 0 Å². The van der Waals surface area contributed by atoms with Gasteiger partial charge in [-0.05, 0) is 53.6 Å². The lowest BCUT2D eigenvalue weighted by Crippen LogP contribution is -2.60. The monoisotopic (exact) mass is 568 g/mol. The van der Waals surface area contributed by atoms with Crippen molar-refractivity contribution < 1.29 is 20.4 Å². The molecule has 2 fully saturated rings. The molecule has 2 aromatic carbocycles. The molecule has 0 saturated heterocycles. The van der Waals surface area contributed by atoms with Crippen molar-refractivity contribution in [2.75, 3.05) is 61.7 Å². The Morgan fingerprint density at radius 1 is 0.610 bits per heavy atom. The SMILES string of the molecule is CC(C)CNc1cc(N(C)C)ccc1C1C(O)C(CC2C(O)C(c3ccc(N(C)C)cc3NCC(C)C)C2O)C1O. The fourth-order valence-electron chi connectivity index (χ4n) is 6.35. The Labute approximate surface area is 246 Å². The van der Waals surface area contributed by atoms with E-state index in [4.69, 9.17) is 0 Å². The molecule has 6 N–H and O–H groups in total. The zero-order valence-electron chi connectivity index (χ0n) is 26.0. The van der Waals surface area contributed by atoms with Gasteiger partial charge in [0.15, 0.2) is 0 Å². The highest BCUT2D eigenvalue weighted by molar-refractivity contribution is 5.65. The van der Waals surface area contributed by atoms with Crippen molar-refractivity contribution in [1.82, 2.24) is 0 Å². The van der Waals surface area contributed by atoms with Crippen LogP contribution in [0.4, 0.5) is 22.7 Å². The third kappa shape index (κ3) is 6.46. The number of benzene rings is 2. The van der Waals surface area contributed by atoms with E-state index in [1.807, 2.05) is 62.3 Å². The summed E-state index contributed by atoms with van der Waals surface area (Å²) in [6, 6.07) is 12.2. The summed E-state index contributed by atoms with van der Waals surface area (Å²) in [5, 5.41) is 52.1. The van der Waals surface area contributed by atoms with Crippen LogP contribution in [0.25, 0.3) is 0 Å². The molecule has 228 valence electrons. The van der Waals surface area contributed by atoms with E-state index in [1.165, 1.54) is 0 Å². The van der Waals surface area contributed by atoms with Crippen LogP contribution in [0.1, 0.15) is 57.1 Å². The molecule has 4 rings (SSSR count). The first kappa shape index (κ1) is 31.4. The average molecular weight is 569 g/mol. The van der Waals surface area contributed by atoms with Gasteiger partial charge in [-0.25, -0.2) is 0 Å². The Hall–Kier alpha value is -2.52. The molecule has 4 atom stereocenters. The maximum absolute atomic E-state index is 11.3. The lowest BCUT2D eigenvalue weighted by atomic mass is 9.57. The number of nitrogens with zero attached hydrogens (tertiary/aromatic N) is 2. The maximum atomic E-state index is 11.3. The zero-order valence-corrected chi connectivity index (χ0v) is 26.0. The smallest absolute Gasteiger partial charge is 0.0687 e. The largest absolute Gasteiger partial charge is 0.392 e. The van der Waals surface area contributed by atoms with Gasteiger partial charge in [0.25, 0.3) is 0 Å². The second-order valence-corrected chi connectivity index (χ2v) is 13.5. The first-order valence-electron chi connectivity index (χ1n) is 15.1. The molecule has 4 unspecified atom stereocenters. The van der Waals surface area contributed by atoms with Crippen molar-refractivity contribution in [3.63, 3.8) is 0 Å². The normalized spacial score (nSPS) is 29.2. The molecule has 2 saturated carbocycles. The Morgan fingerprint density at radius 2 is 0.951 bits per heavy atom. The van der Waals surface area contributed by atoms with E-state index in [2.05, 4.69) is 50.5 Å². The third-order valence-electron chi connectivity index (χ3n) is 9.00. The summed E-state index contributed by atoms with van der Waals surface area (Å²) < 4.78 is 0. The minimum Gasteiger partial charge on any atom is -0.392 e. The molecule has 2 aromatic rings. The number of rotatable bonds is 12. The highest BCUT2D eigenvalue weighted by atomic mass is 16.3. The van der Waals surface area contributed by atoms with Gasteiger partial charge in [-0.15, -0.1) is 0 Å². The van der Waals surface area contributed by atoms with Crippen molar-refractivity contribution in [1.29, 1.82) is 0 Å². The van der Waals surface area contributed by atoms with Gasteiger partial charge in [0.05, 0.1) is 24.4 Å². The van der Waals surface area contributed by atoms with Gasteiger partial charge in [-0.2, -0.15) is 0 Å². The number of anilines is 4. The van der Waals surface area contributed by atoms with Crippen molar-refractivity contribution in [3.8, 4) is 0 Å². The summed E-state index contributed by atoms with van der Waals surface area (Å²) in [6.07, 6.45) is -2.65. The Balaban J connectivity index is 1.47. The van der Waals surface area contributed by atoms with Gasteiger partial charge in [-0.3, -0.25) is 0 Å². The van der Waals surface area contributed by atoms with Gasteiger partial charge in [0.2, 0.25) is 0 Å². The molecule has 0 heterocycles. The van der Waals surface area contributed by atoms with Gasteiger partial charge in [0.1, 0.15) is 0 Å². The van der Waals surface area contributed by atoms with E-state index in [9.17, 15) is 20.4 Å². The van der Waals surface area contributed by atoms with Crippen LogP contribution in [-0.4, -0.2) is 86.1 Å². The molecule has 0 aliphatic heterocycles. The Kier molecular flexibility index (Phi) is 9.79. The van der Waals surface area contributed by atoms with E-state index < -0.39 is 48.1 Å². The van der Waals surface area contributed by atoms with Crippen LogP contribution >= 0.6 is 0 Å². The van der Waals surface area contributed by atoms with E-state index >= 15 is 0 Å². The summed E-state index contributed by atoms with van der Waals surface area (Å²) in [5.41, 5.74) is 5.76. The summed E-state index contributed by atoms with van der Waals surface area (Å²) in [4.78, 5) is 4.07. The predicted molar refractivity (Wildman–Crippen MR) is 169 cm³/mol. The van der Waals surface area contributed by atoms with E-state index in [0.717, 1.165) is 47.0 Å².